The molecule has 1 heterocycles. The summed E-state index contributed by atoms with van der Waals surface area (Å²) < 4.78 is 41.4. The third kappa shape index (κ3) is 2.56. The molecule has 0 saturated carbocycles. The van der Waals surface area contributed by atoms with Crippen LogP contribution in [-0.4, -0.2) is 23.4 Å². The third-order valence-electron chi connectivity index (χ3n) is 3.28. The maximum absolute atomic E-state index is 13.8. The molecule has 6 heteroatoms. The lowest BCUT2D eigenvalue weighted by Gasteiger charge is -2.07. The fourth-order valence-corrected chi connectivity index (χ4v) is 2.20. The van der Waals surface area contributed by atoms with Gasteiger partial charge >= 0.3 is 0 Å². The number of aryl methyl sites for hydroxylation is 1. The summed E-state index contributed by atoms with van der Waals surface area (Å²) >= 11 is 0. The van der Waals surface area contributed by atoms with Crippen LogP contribution in [0.25, 0.3) is 5.69 Å². The highest BCUT2D eigenvalue weighted by Gasteiger charge is 2.17. The zero-order valence-electron chi connectivity index (χ0n) is 11.6. The van der Waals surface area contributed by atoms with Gasteiger partial charge in [0.05, 0.1) is 5.69 Å². The highest BCUT2D eigenvalue weighted by Crippen LogP contribution is 2.22. The third-order valence-corrected chi connectivity index (χ3v) is 3.28. The number of hydrogen-bond acceptors (Lipinski definition) is 2. The number of rotatable bonds is 4. The number of halogens is 3. The van der Waals surface area contributed by atoms with Gasteiger partial charge in [0.25, 0.3) is 0 Å². The maximum atomic E-state index is 13.8. The van der Waals surface area contributed by atoms with Crippen molar-refractivity contribution >= 4 is 0 Å². The van der Waals surface area contributed by atoms with E-state index in [9.17, 15) is 13.2 Å². The monoisotopic (exact) mass is 283 g/mol. The van der Waals surface area contributed by atoms with E-state index < -0.39 is 17.5 Å². The van der Waals surface area contributed by atoms with Gasteiger partial charge in [-0.1, -0.05) is 0 Å². The molecule has 108 valence electrons. The molecule has 1 aromatic carbocycles. The van der Waals surface area contributed by atoms with Crippen LogP contribution in [0.1, 0.15) is 17.0 Å². The van der Waals surface area contributed by atoms with Crippen molar-refractivity contribution in [1.82, 2.24) is 15.1 Å². The average molecular weight is 283 g/mol. The molecule has 0 aliphatic heterocycles. The minimum absolute atomic E-state index is 0.0831. The highest BCUT2D eigenvalue weighted by atomic mass is 19.2. The summed E-state index contributed by atoms with van der Waals surface area (Å²) in [5.41, 5.74) is 2.37. The van der Waals surface area contributed by atoms with Crippen molar-refractivity contribution in [3.8, 4) is 5.69 Å². The topological polar surface area (TPSA) is 29.9 Å². The van der Waals surface area contributed by atoms with Gasteiger partial charge in [-0.3, -0.25) is 0 Å². The van der Waals surface area contributed by atoms with Crippen LogP contribution < -0.4 is 5.32 Å². The van der Waals surface area contributed by atoms with E-state index in [0.717, 1.165) is 36.0 Å². The van der Waals surface area contributed by atoms with Crippen molar-refractivity contribution in [2.75, 3.05) is 13.6 Å². The molecule has 0 atom stereocenters. The van der Waals surface area contributed by atoms with Crippen LogP contribution in [0.2, 0.25) is 0 Å². The Labute approximate surface area is 115 Å². The lowest BCUT2D eigenvalue weighted by atomic mass is 10.1. The molecule has 2 rings (SSSR count). The smallest absolute Gasteiger partial charge is 0.161 e. The first-order valence-corrected chi connectivity index (χ1v) is 6.30. The number of aromatic nitrogens is 2. The zero-order valence-corrected chi connectivity index (χ0v) is 11.6. The van der Waals surface area contributed by atoms with Gasteiger partial charge in [-0.25, -0.2) is 17.9 Å². The molecule has 2 aromatic rings. The van der Waals surface area contributed by atoms with Crippen molar-refractivity contribution < 1.29 is 13.2 Å². The molecule has 0 unspecified atom stereocenters. The number of benzene rings is 1. The summed E-state index contributed by atoms with van der Waals surface area (Å²) in [5, 5.41) is 7.25. The van der Waals surface area contributed by atoms with E-state index >= 15 is 0 Å². The van der Waals surface area contributed by atoms with Gasteiger partial charge in [0, 0.05) is 17.8 Å². The van der Waals surface area contributed by atoms with Crippen molar-refractivity contribution in [1.29, 1.82) is 0 Å². The first kappa shape index (κ1) is 14.6. The summed E-state index contributed by atoms with van der Waals surface area (Å²) in [6, 6.07) is 1.36. The summed E-state index contributed by atoms with van der Waals surface area (Å²) in [7, 11) is 1.84. The molecule has 0 amide bonds. The van der Waals surface area contributed by atoms with Crippen LogP contribution >= 0.6 is 0 Å². The van der Waals surface area contributed by atoms with Crippen LogP contribution in [-0.2, 0) is 6.42 Å². The standard InChI is InChI=1S/C14H16F3N3/c1-8-10(4-5-18-3)9(2)20(19-8)14-7-12(16)11(15)6-13(14)17/h6-7,18H,4-5H2,1-3H3. The predicted octanol–water partition coefficient (Wildman–Crippen LogP) is 2.67. The Hall–Kier alpha value is -1.82. The molecule has 1 aromatic heterocycles. The Morgan fingerprint density at radius 3 is 2.40 bits per heavy atom. The first-order valence-electron chi connectivity index (χ1n) is 6.30. The minimum atomic E-state index is -1.21. The van der Waals surface area contributed by atoms with Crippen molar-refractivity contribution in [3.05, 3.63) is 46.5 Å². The van der Waals surface area contributed by atoms with E-state index in [-0.39, 0.29) is 5.69 Å². The fraction of sp³-hybridized carbons (Fsp3) is 0.357. The fourth-order valence-electron chi connectivity index (χ4n) is 2.20. The zero-order chi connectivity index (χ0) is 14.9. The number of likely N-dealkylation sites (N-methyl/N-ethyl adjacent to an activating group) is 1. The Balaban J connectivity index is 2.51. The molecule has 3 nitrogen and oxygen atoms in total. The Bertz CT molecular complexity index is 635. The van der Waals surface area contributed by atoms with Crippen LogP contribution in [0, 0.1) is 31.3 Å². The molecule has 0 radical (unpaired) electrons. The second-order valence-corrected chi connectivity index (χ2v) is 4.63. The van der Waals surface area contributed by atoms with Crippen LogP contribution in [0.3, 0.4) is 0 Å². The second kappa shape index (κ2) is 5.66. The van der Waals surface area contributed by atoms with Gasteiger partial charge in [0.2, 0.25) is 0 Å². The molecular formula is C14H16F3N3. The predicted molar refractivity (Wildman–Crippen MR) is 70.5 cm³/mol. The summed E-state index contributed by atoms with van der Waals surface area (Å²) in [4.78, 5) is 0. The van der Waals surface area contributed by atoms with Crippen molar-refractivity contribution in [3.63, 3.8) is 0 Å². The first-order chi connectivity index (χ1) is 9.45. The second-order valence-electron chi connectivity index (χ2n) is 4.63. The molecule has 1 N–H and O–H groups in total. The lowest BCUT2D eigenvalue weighted by molar-refractivity contribution is 0.491. The normalized spacial score (nSPS) is 11.1. The SMILES string of the molecule is CNCCc1c(C)nn(-c2cc(F)c(F)cc2F)c1C. The van der Waals surface area contributed by atoms with Crippen LogP contribution in [0.5, 0.6) is 0 Å². The summed E-state index contributed by atoms with van der Waals surface area (Å²) in [6.07, 6.45) is 0.736. The molecular weight excluding hydrogens is 267 g/mol. The summed E-state index contributed by atoms with van der Waals surface area (Å²) in [6.45, 7) is 4.35. The van der Waals surface area contributed by atoms with E-state index in [2.05, 4.69) is 10.4 Å². The molecule has 0 aliphatic rings. The van der Waals surface area contributed by atoms with E-state index in [4.69, 9.17) is 0 Å². The lowest BCUT2D eigenvalue weighted by Crippen LogP contribution is -2.11. The number of nitrogens with zero attached hydrogens (tertiary/aromatic N) is 2. The van der Waals surface area contributed by atoms with Gasteiger partial charge < -0.3 is 5.32 Å². The average Bonchev–Trinajstić information content (AvgIpc) is 2.67. The molecule has 20 heavy (non-hydrogen) atoms. The van der Waals surface area contributed by atoms with Crippen molar-refractivity contribution in [2.45, 2.75) is 20.3 Å². The molecule has 0 spiro atoms. The number of hydrogen-bond donors (Lipinski definition) is 1. The highest BCUT2D eigenvalue weighted by molar-refractivity contribution is 5.39. The van der Waals surface area contributed by atoms with E-state index in [1.54, 1.807) is 6.92 Å². The van der Waals surface area contributed by atoms with Gasteiger partial charge in [-0.15, -0.1) is 0 Å². The summed E-state index contributed by atoms with van der Waals surface area (Å²) in [5.74, 6) is -3.14. The number of nitrogens with one attached hydrogen (secondary N) is 1. The van der Waals surface area contributed by atoms with Gasteiger partial charge in [-0.05, 0) is 39.4 Å². The Morgan fingerprint density at radius 2 is 1.75 bits per heavy atom. The van der Waals surface area contributed by atoms with Gasteiger partial charge in [-0.2, -0.15) is 5.10 Å². The van der Waals surface area contributed by atoms with Crippen LogP contribution in [0.4, 0.5) is 13.2 Å². The van der Waals surface area contributed by atoms with E-state index in [1.165, 1.54) is 4.68 Å². The van der Waals surface area contributed by atoms with Crippen molar-refractivity contribution in [2.24, 2.45) is 0 Å². The Morgan fingerprint density at radius 1 is 1.10 bits per heavy atom. The van der Waals surface area contributed by atoms with E-state index in [1.807, 2.05) is 14.0 Å². The molecule has 0 aliphatic carbocycles. The molecule has 0 saturated heterocycles. The van der Waals surface area contributed by atoms with Crippen LogP contribution in [0.15, 0.2) is 12.1 Å². The van der Waals surface area contributed by atoms with E-state index in [0.29, 0.717) is 6.07 Å². The largest absolute Gasteiger partial charge is 0.319 e. The molecule has 0 fully saturated rings. The quantitative estimate of drug-likeness (QED) is 0.874. The van der Waals surface area contributed by atoms with Gasteiger partial charge in [0.15, 0.2) is 17.5 Å². The van der Waals surface area contributed by atoms with Gasteiger partial charge in [0.1, 0.15) is 5.69 Å². The Kier molecular flexibility index (Phi) is 4.13. The maximum Gasteiger partial charge on any atom is 0.161 e. The minimum Gasteiger partial charge on any atom is -0.319 e. The molecule has 0 bridgehead atoms.